The summed E-state index contributed by atoms with van der Waals surface area (Å²) < 4.78 is 0. The summed E-state index contributed by atoms with van der Waals surface area (Å²) >= 11 is 0. The Bertz CT molecular complexity index is 353. The van der Waals surface area contributed by atoms with Crippen LogP contribution in [0.4, 0.5) is 0 Å². The highest BCUT2D eigenvalue weighted by Gasteiger charge is 2.20. The number of likely N-dealkylation sites (tertiary alicyclic amines) is 1. The van der Waals surface area contributed by atoms with E-state index in [4.69, 9.17) is 4.99 Å². The van der Waals surface area contributed by atoms with E-state index in [1.54, 1.807) is 0 Å². The number of piperidine rings is 1. The molecular weight excluding hydrogens is 288 g/mol. The van der Waals surface area contributed by atoms with Crippen LogP contribution >= 0.6 is 0 Å². The maximum Gasteiger partial charge on any atom is 0.191 e. The Labute approximate surface area is 141 Å². The standard InChI is InChI=1S/C18H36N4O/c1-3-19-18(21-16-7-9-17(23)10-8-16)20-11-5-13-22-12-4-6-15(2)14-22/h15-17,23H,3-14H2,1-2H3,(H2,19,20,21). The lowest BCUT2D eigenvalue weighted by Crippen LogP contribution is -2.45. The number of aliphatic hydroxyl groups is 1. The molecule has 0 amide bonds. The van der Waals surface area contributed by atoms with Crippen molar-refractivity contribution in [1.82, 2.24) is 15.5 Å². The normalized spacial score (nSPS) is 30.2. The number of nitrogens with zero attached hydrogens (tertiary/aromatic N) is 2. The summed E-state index contributed by atoms with van der Waals surface area (Å²) in [6, 6.07) is 0.458. The molecule has 1 unspecified atom stereocenters. The molecule has 1 aliphatic carbocycles. The van der Waals surface area contributed by atoms with Gasteiger partial charge in [-0.15, -0.1) is 0 Å². The third-order valence-corrected chi connectivity index (χ3v) is 5.03. The highest BCUT2D eigenvalue weighted by atomic mass is 16.3. The van der Waals surface area contributed by atoms with Gasteiger partial charge in [-0.1, -0.05) is 6.92 Å². The minimum atomic E-state index is -0.0977. The topological polar surface area (TPSA) is 59.9 Å². The first kappa shape index (κ1) is 18.5. The smallest absolute Gasteiger partial charge is 0.191 e. The fraction of sp³-hybridized carbons (Fsp3) is 0.944. The minimum absolute atomic E-state index is 0.0977. The van der Waals surface area contributed by atoms with E-state index in [1.165, 1.54) is 32.5 Å². The molecule has 1 saturated heterocycles. The average molecular weight is 325 g/mol. The Kier molecular flexibility index (Phi) is 8.17. The Morgan fingerprint density at radius 1 is 1.22 bits per heavy atom. The summed E-state index contributed by atoms with van der Waals surface area (Å²) in [4.78, 5) is 7.33. The zero-order chi connectivity index (χ0) is 16.5. The van der Waals surface area contributed by atoms with Crippen molar-refractivity contribution in [2.45, 2.75) is 70.9 Å². The fourth-order valence-corrected chi connectivity index (χ4v) is 3.71. The van der Waals surface area contributed by atoms with Crippen LogP contribution in [0.2, 0.25) is 0 Å². The van der Waals surface area contributed by atoms with E-state index in [0.717, 1.165) is 57.1 Å². The Balaban J connectivity index is 1.68. The lowest BCUT2D eigenvalue weighted by atomic mass is 9.93. The van der Waals surface area contributed by atoms with E-state index in [2.05, 4.69) is 29.4 Å². The van der Waals surface area contributed by atoms with Crippen molar-refractivity contribution >= 4 is 5.96 Å². The molecule has 2 fully saturated rings. The molecule has 0 bridgehead atoms. The van der Waals surface area contributed by atoms with Crippen LogP contribution in [0.15, 0.2) is 4.99 Å². The number of hydrogen-bond acceptors (Lipinski definition) is 3. The van der Waals surface area contributed by atoms with Gasteiger partial charge in [-0.25, -0.2) is 0 Å². The van der Waals surface area contributed by atoms with Gasteiger partial charge in [0.25, 0.3) is 0 Å². The SMILES string of the molecule is CCNC(=NCCCN1CCCC(C)C1)NC1CCC(O)CC1. The van der Waals surface area contributed by atoms with Gasteiger partial charge in [0.1, 0.15) is 0 Å². The van der Waals surface area contributed by atoms with Gasteiger partial charge in [-0.3, -0.25) is 4.99 Å². The van der Waals surface area contributed by atoms with Gasteiger partial charge >= 0.3 is 0 Å². The lowest BCUT2D eigenvalue weighted by molar-refractivity contribution is 0.120. The Hall–Kier alpha value is -0.810. The highest BCUT2D eigenvalue weighted by molar-refractivity contribution is 5.80. The quantitative estimate of drug-likeness (QED) is 0.397. The van der Waals surface area contributed by atoms with Crippen LogP contribution < -0.4 is 10.6 Å². The third kappa shape index (κ3) is 7.08. The van der Waals surface area contributed by atoms with Crippen molar-refractivity contribution in [3.63, 3.8) is 0 Å². The molecule has 1 heterocycles. The zero-order valence-corrected chi connectivity index (χ0v) is 15.1. The summed E-state index contributed by atoms with van der Waals surface area (Å²) in [6.45, 7) is 9.93. The highest BCUT2D eigenvalue weighted by Crippen LogP contribution is 2.18. The number of rotatable bonds is 6. The lowest BCUT2D eigenvalue weighted by Gasteiger charge is -2.30. The molecular formula is C18H36N4O. The summed E-state index contributed by atoms with van der Waals surface area (Å²) in [7, 11) is 0. The molecule has 0 aromatic heterocycles. The molecule has 1 saturated carbocycles. The van der Waals surface area contributed by atoms with Crippen LogP contribution in [0.25, 0.3) is 0 Å². The monoisotopic (exact) mass is 324 g/mol. The molecule has 2 aliphatic rings. The van der Waals surface area contributed by atoms with Crippen LogP contribution in [-0.4, -0.2) is 60.8 Å². The van der Waals surface area contributed by atoms with Crippen LogP contribution in [0.5, 0.6) is 0 Å². The van der Waals surface area contributed by atoms with E-state index in [-0.39, 0.29) is 6.10 Å². The third-order valence-electron chi connectivity index (χ3n) is 5.03. The molecule has 134 valence electrons. The molecule has 2 rings (SSSR count). The second-order valence-corrected chi connectivity index (χ2v) is 7.31. The number of aliphatic hydroxyl groups excluding tert-OH is 1. The zero-order valence-electron chi connectivity index (χ0n) is 15.1. The maximum absolute atomic E-state index is 9.60. The maximum atomic E-state index is 9.60. The molecule has 0 radical (unpaired) electrons. The first-order valence-electron chi connectivity index (χ1n) is 9.62. The van der Waals surface area contributed by atoms with Crippen molar-refractivity contribution in [1.29, 1.82) is 0 Å². The molecule has 1 aliphatic heterocycles. The fourth-order valence-electron chi connectivity index (χ4n) is 3.71. The molecule has 3 N–H and O–H groups in total. The largest absolute Gasteiger partial charge is 0.393 e. The number of nitrogens with one attached hydrogen (secondary N) is 2. The molecule has 0 spiro atoms. The summed E-state index contributed by atoms with van der Waals surface area (Å²) in [6.07, 6.45) is 7.66. The summed E-state index contributed by atoms with van der Waals surface area (Å²) in [5, 5.41) is 16.5. The van der Waals surface area contributed by atoms with Crippen molar-refractivity contribution in [3.8, 4) is 0 Å². The van der Waals surface area contributed by atoms with Crippen LogP contribution in [0.3, 0.4) is 0 Å². The van der Waals surface area contributed by atoms with Crippen molar-refractivity contribution in [2.24, 2.45) is 10.9 Å². The summed E-state index contributed by atoms with van der Waals surface area (Å²) in [5.74, 6) is 1.80. The van der Waals surface area contributed by atoms with E-state index in [0.29, 0.717) is 6.04 Å². The van der Waals surface area contributed by atoms with Gasteiger partial charge in [0, 0.05) is 25.7 Å². The number of guanidine groups is 1. The first-order chi connectivity index (χ1) is 11.2. The number of hydrogen-bond donors (Lipinski definition) is 3. The molecule has 0 aromatic rings. The van der Waals surface area contributed by atoms with Gasteiger partial charge in [0.2, 0.25) is 0 Å². The van der Waals surface area contributed by atoms with E-state index in [9.17, 15) is 5.11 Å². The minimum Gasteiger partial charge on any atom is -0.393 e. The van der Waals surface area contributed by atoms with Crippen molar-refractivity contribution in [3.05, 3.63) is 0 Å². The predicted octanol–water partition coefficient (Wildman–Crippen LogP) is 1.97. The first-order valence-corrected chi connectivity index (χ1v) is 9.62. The molecule has 5 nitrogen and oxygen atoms in total. The van der Waals surface area contributed by atoms with Crippen LogP contribution in [0.1, 0.15) is 58.8 Å². The van der Waals surface area contributed by atoms with Crippen molar-refractivity contribution < 1.29 is 5.11 Å². The van der Waals surface area contributed by atoms with Crippen LogP contribution in [-0.2, 0) is 0 Å². The second kappa shape index (κ2) is 10.1. The van der Waals surface area contributed by atoms with E-state index in [1.807, 2.05) is 0 Å². The van der Waals surface area contributed by atoms with Gasteiger partial charge < -0.3 is 20.6 Å². The Morgan fingerprint density at radius 2 is 2.00 bits per heavy atom. The van der Waals surface area contributed by atoms with Gasteiger partial charge in [0.15, 0.2) is 5.96 Å². The van der Waals surface area contributed by atoms with Gasteiger partial charge in [0.05, 0.1) is 6.10 Å². The van der Waals surface area contributed by atoms with Crippen LogP contribution in [0, 0.1) is 5.92 Å². The second-order valence-electron chi connectivity index (χ2n) is 7.31. The molecule has 1 atom stereocenters. The predicted molar refractivity (Wildman–Crippen MR) is 96.8 cm³/mol. The molecule has 23 heavy (non-hydrogen) atoms. The van der Waals surface area contributed by atoms with E-state index >= 15 is 0 Å². The average Bonchev–Trinajstić information content (AvgIpc) is 2.54. The Morgan fingerprint density at radius 3 is 2.70 bits per heavy atom. The van der Waals surface area contributed by atoms with Gasteiger partial charge in [-0.05, 0) is 70.9 Å². The number of aliphatic imine (C=N–C) groups is 1. The molecule has 0 aromatic carbocycles. The molecule has 5 heteroatoms. The summed E-state index contributed by atoms with van der Waals surface area (Å²) in [5.41, 5.74) is 0. The van der Waals surface area contributed by atoms with Gasteiger partial charge in [-0.2, -0.15) is 0 Å². The van der Waals surface area contributed by atoms with Crippen molar-refractivity contribution in [2.75, 3.05) is 32.7 Å². The van der Waals surface area contributed by atoms with E-state index < -0.39 is 0 Å².